The molecule has 1 aliphatic rings. The smallest absolute Gasteiger partial charge is 0.213 e. The van der Waals surface area contributed by atoms with Gasteiger partial charge >= 0.3 is 0 Å². The maximum atomic E-state index is 4.79. The lowest BCUT2D eigenvalue weighted by atomic mass is 9.76. The Kier molecular flexibility index (Phi) is 6.01. The first kappa shape index (κ1) is 25.3. The van der Waals surface area contributed by atoms with E-state index in [-0.39, 0.29) is 5.54 Å². The van der Waals surface area contributed by atoms with Gasteiger partial charge in [0, 0.05) is 11.1 Å². The third-order valence-corrected chi connectivity index (χ3v) is 9.19. The number of benzene rings is 5. The molecule has 0 N–H and O–H groups in total. The summed E-state index contributed by atoms with van der Waals surface area (Å²) < 4.78 is 5.15. The van der Waals surface area contributed by atoms with Crippen LogP contribution in [0.2, 0.25) is 0 Å². The van der Waals surface area contributed by atoms with Crippen LogP contribution >= 0.6 is 0 Å². The molecule has 2 heterocycles. The highest BCUT2D eigenvalue weighted by molar-refractivity contribution is 5.91. The first-order valence-corrected chi connectivity index (χ1v) is 14.7. The fourth-order valence-corrected chi connectivity index (χ4v) is 7.06. The Labute approximate surface area is 242 Å². The first-order chi connectivity index (χ1) is 20.1. The molecule has 0 saturated heterocycles. The molecule has 6 aromatic rings. The van der Waals surface area contributed by atoms with Gasteiger partial charge in [-0.25, -0.2) is 4.57 Å². The lowest BCUT2D eigenvalue weighted by Crippen LogP contribution is -2.59. The quantitative estimate of drug-likeness (QED) is 0.196. The van der Waals surface area contributed by atoms with E-state index < -0.39 is 0 Å². The van der Waals surface area contributed by atoms with Gasteiger partial charge in [0.2, 0.25) is 0 Å². The second kappa shape index (κ2) is 9.74. The Bertz CT molecular complexity index is 1920. The number of imidazole rings is 1. The minimum atomic E-state index is -0.225. The molecule has 0 spiro atoms. The summed E-state index contributed by atoms with van der Waals surface area (Å²) in [6.45, 7) is 11.7. The van der Waals surface area contributed by atoms with Gasteiger partial charge in [0.05, 0.1) is 5.56 Å². The maximum Gasteiger partial charge on any atom is 0.296 e. The lowest BCUT2D eigenvalue weighted by molar-refractivity contribution is -0.718. The van der Waals surface area contributed by atoms with Gasteiger partial charge in [0.15, 0.2) is 11.0 Å². The minimum Gasteiger partial charge on any atom is -0.213 e. The molecule has 0 atom stereocenters. The fourth-order valence-electron chi connectivity index (χ4n) is 7.06. The average molecular weight is 532 g/mol. The number of hydrogen-bond donors (Lipinski definition) is 0. The highest BCUT2D eigenvalue weighted by Crippen LogP contribution is 2.48. The number of rotatable bonds is 5. The van der Waals surface area contributed by atoms with E-state index in [0.717, 1.165) is 12.8 Å². The summed E-state index contributed by atoms with van der Waals surface area (Å²) in [6, 6.07) is 44.0. The van der Waals surface area contributed by atoms with Crippen LogP contribution in [0.25, 0.3) is 55.9 Å². The normalized spacial score (nSPS) is 13.7. The van der Waals surface area contributed by atoms with Crippen LogP contribution < -0.4 is 4.57 Å². The van der Waals surface area contributed by atoms with Crippen LogP contribution in [0, 0.1) is 6.92 Å². The zero-order chi connectivity index (χ0) is 28.1. The number of aromatic nitrogens is 2. The molecule has 0 saturated carbocycles. The Balaban J connectivity index is 1.66. The number of nitrogens with zero attached hydrogens (tertiary/aromatic N) is 2. The molecule has 0 aliphatic carbocycles. The number of para-hydroxylation sites is 3. The van der Waals surface area contributed by atoms with Crippen molar-refractivity contribution in [1.29, 1.82) is 0 Å². The van der Waals surface area contributed by atoms with Gasteiger partial charge in [-0.15, -0.1) is 0 Å². The highest BCUT2D eigenvalue weighted by Gasteiger charge is 2.48. The Morgan fingerprint density at radius 3 is 2.00 bits per heavy atom. The van der Waals surface area contributed by atoms with Crippen LogP contribution in [-0.4, -0.2) is 4.57 Å². The minimum absolute atomic E-state index is 0.225. The largest absolute Gasteiger partial charge is 0.296 e. The monoisotopic (exact) mass is 531 g/mol. The van der Waals surface area contributed by atoms with E-state index in [1.165, 1.54) is 67.1 Å². The van der Waals surface area contributed by atoms with Crippen molar-refractivity contribution in [2.24, 2.45) is 0 Å². The van der Waals surface area contributed by atoms with Gasteiger partial charge in [-0.3, -0.25) is 0 Å². The number of aryl methyl sites for hydroxylation is 1. The summed E-state index contributed by atoms with van der Waals surface area (Å²) in [5.41, 5.74) is 13.3. The molecule has 7 rings (SSSR count). The second-order valence-electron chi connectivity index (χ2n) is 11.2. The molecule has 2 nitrogen and oxygen atoms in total. The van der Waals surface area contributed by atoms with Gasteiger partial charge in [-0.2, -0.15) is 4.57 Å². The second-order valence-corrected chi connectivity index (χ2v) is 11.2. The van der Waals surface area contributed by atoms with Crippen molar-refractivity contribution in [1.82, 2.24) is 4.57 Å². The molecule has 0 bridgehead atoms. The predicted octanol–water partition coefficient (Wildman–Crippen LogP) is 9.77. The van der Waals surface area contributed by atoms with Crippen LogP contribution in [0.15, 0.2) is 128 Å². The van der Waals surface area contributed by atoms with Gasteiger partial charge in [0.1, 0.15) is 11.2 Å². The van der Waals surface area contributed by atoms with Crippen molar-refractivity contribution in [3.63, 3.8) is 0 Å². The SMILES string of the molecule is C=C1c2ccc(-c3ccccc3)cc2-c2n(-c3c(C)cccc3-c3ccccc3)c3ccccc3[n+]2C1(CC)CC. The van der Waals surface area contributed by atoms with E-state index in [9.17, 15) is 0 Å². The molecular formula is C39H35N2+. The molecule has 5 aromatic carbocycles. The maximum absolute atomic E-state index is 4.79. The van der Waals surface area contributed by atoms with E-state index in [1.807, 2.05) is 0 Å². The van der Waals surface area contributed by atoms with Crippen molar-refractivity contribution >= 4 is 16.6 Å². The Morgan fingerprint density at radius 1 is 0.634 bits per heavy atom. The summed E-state index contributed by atoms with van der Waals surface area (Å²) in [5, 5.41) is 0. The molecule has 1 aromatic heterocycles. The van der Waals surface area contributed by atoms with E-state index in [4.69, 9.17) is 6.58 Å². The number of allylic oxidation sites excluding steroid dienone is 1. The van der Waals surface area contributed by atoms with Crippen LogP contribution in [-0.2, 0) is 5.54 Å². The van der Waals surface area contributed by atoms with E-state index in [1.54, 1.807) is 0 Å². The molecule has 0 fully saturated rings. The van der Waals surface area contributed by atoms with Crippen molar-refractivity contribution in [3.05, 3.63) is 139 Å². The predicted molar refractivity (Wildman–Crippen MR) is 172 cm³/mol. The average Bonchev–Trinajstić information content (AvgIpc) is 3.38. The van der Waals surface area contributed by atoms with Crippen molar-refractivity contribution < 1.29 is 4.57 Å². The van der Waals surface area contributed by atoms with Gasteiger partial charge in [-0.1, -0.05) is 124 Å². The molecule has 1 aliphatic heterocycles. The van der Waals surface area contributed by atoms with Crippen LogP contribution in [0.4, 0.5) is 0 Å². The topological polar surface area (TPSA) is 8.81 Å². The molecule has 2 heteroatoms. The zero-order valence-electron chi connectivity index (χ0n) is 24.1. The summed E-state index contributed by atoms with van der Waals surface area (Å²) >= 11 is 0. The first-order valence-electron chi connectivity index (χ1n) is 14.7. The van der Waals surface area contributed by atoms with E-state index in [2.05, 4.69) is 151 Å². The van der Waals surface area contributed by atoms with Crippen LogP contribution in [0.3, 0.4) is 0 Å². The standard InChI is InChI=1S/C39H35N2/c1-5-39(6-2)28(4)32-25-24-31(29-17-9-7-10-18-29)26-34(32)38-40(35-22-13-14-23-36(35)41(38)39)37-27(3)16-15-21-33(37)30-19-11-8-12-20-30/h7-26H,4-6H2,1-3H3/q+1. The molecule has 41 heavy (non-hydrogen) atoms. The van der Waals surface area contributed by atoms with Gasteiger partial charge in [-0.05, 0) is 65.8 Å². The fraction of sp³-hybridized carbons (Fsp3) is 0.154. The van der Waals surface area contributed by atoms with Crippen molar-refractivity contribution in [2.45, 2.75) is 39.2 Å². The molecular weight excluding hydrogens is 496 g/mol. The molecule has 0 unspecified atom stereocenters. The summed E-state index contributed by atoms with van der Waals surface area (Å²) in [5.74, 6) is 1.22. The van der Waals surface area contributed by atoms with Gasteiger partial charge in [0.25, 0.3) is 5.82 Å². The number of hydrogen-bond acceptors (Lipinski definition) is 0. The number of fused-ring (bicyclic) bond motifs is 5. The summed E-state index contributed by atoms with van der Waals surface area (Å²) in [6.07, 6.45) is 1.93. The van der Waals surface area contributed by atoms with Crippen molar-refractivity contribution in [2.75, 3.05) is 0 Å². The zero-order valence-corrected chi connectivity index (χ0v) is 24.1. The van der Waals surface area contributed by atoms with Crippen LogP contribution in [0.5, 0.6) is 0 Å². The molecule has 200 valence electrons. The Hall–Kier alpha value is -4.69. The van der Waals surface area contributed by atoms with E-state index >= 15 is 0 Å². The summed E-state index contributed by atoms with van der Waals surface area (Å²) in [7, 11) is 0. The van der Waals surface area contributed by atoms with Gasteiger partial charge < -0.3 is 0 Å². The third-order valence-electron chi connectivity index (χ3n) is 9.19. The molecule has 0 amide bonds. The molecule has 0 radical (unpaired) electrons. The Morgan fingerprint density at radius 2 is 1.29 bits per heavy atom. The lowest BCUT2D eigenvalue weighted by Gasteiger charge is -2.37. The highest BCUT2D eigenvalue weighted by atomic mass is 15.2. The summed E-state index contributed by atoms with van der Waals surface area (Å²) in [4.78, 5) is 0. The van der Waals surface area contributed by atoms with E-state index in [0.29, 0.717) is 0 Å². The van der Waals surface area contributed by atoms with Crippen LogP contribution in [0.1, 0.15) is 37.8 Å². The third kappa shape index (κ3) is 3.67. The van der Waals surface area contributed by atoms with Crippen molar-refractivity contribution in [3.8, 4) is 39.3 Å².